The molecular formula is C24H28N2O5. The third kappa shape index (κ3) is 4.04. The molecule has 0 aromatic heterocycles. The molecule has 0 saturated carbocycles. The van der Waals surface area contributed by atoms with Crippen LogP contribution >= 0.6 is 0 Å². The van der Waals surface area contributed by atoms with Gasteiger partial charge in [0.2, 0.25) is 11.8 Å². The molecule has 0 spiro atoms. The van der Waals surface area contributed by atoms with Crippen molar-refractivity contribution in [1.82, 2.24) is 4.90 Å². The number of amides is 2. The largest absolute Gasteiger partial charge is 0.497 e. The van der Waals surface area contributed by atoms with Crippen LogP contribution in [0, 0.1) is 5.92 Å². The Morgan fingerprint density at radius 2 is 1.68 bits per heavy atom. The van der Waals surface area contributed by atoms with Crippen molar-refractivity contribution < 1.29 is 23.8 Å². The van der Waals surface area contributed by atoms with Crippen LogP contribution in [0.25, 0.3) is 0 Å². The molecule has 2 fully saturated rings. The van der Waals surface area contributed by atoms with Crippen molar-refractivity contribution in [3.05, 3.63) is 48.0 Å². The van der Waals surface area contributed by atoms with Gasteiger partial charge in [0.15, 0.2) is 0 Å². The van der Waals surface area contributed by atoms with Gasteiger partial charge in [-0.15, -0.1) is 0 Å². The number of carbonyl (C=O) groups is 2. The van der Waals surface area contributed by atoms with Crippen LogP contribution in [0.3, 0.4) is 0 Å². The number of likely N-dealkylation sites (tertiary alicyclic amines) is 1. The molecule has 2 aliphatic heterocycles. The highest BCUT2D eigenvalue weighted by Crippen LogP contribution is 2.40. The molecule has 0 N–H and O–H groups in total. The summed E-state index contributed by atoms with van der Waals surface area (Å²) >= 11 is 0. The maximum Gasteiger partial charge on any atom is 0.228 e. The molecule has 2 amide bonds. The van der Waals surface area contributed by atoms with E-state index in [1.807, 2.05) is 47.4 Å². The van der Waals surface area contributed by atoms with Crippen molar-refractivity contribution in [1.29, 1.82) is 0 Å². The molecule has 2 aromatic carbocycles. The Kier molecular flexibility index (Phi) is 6.02. The summed E-state index contributed by atoms with van der Waals surface area (Å²) in [5.41, 5.74) is 1.73. The van der Waals surface area contributed by atoms with Gasteiger partial charge in [0.25, 0.3) is 0 Å². The molecular weight excluding hydrogens is 396 g/mol. The summed E-state index contributed by atoms with van der Waals surface area (Å²) in [6, 6.07) is 12.9. The second-order valence-corrected chi connectivity index (χ2v) is 7.90. The zero-order valence-electron chi connectivity index (χ0n) is 18.2. The van der Waals surface area contributed by atoms with E-state index in [0.717, 1.165) is 41.3 Å². The van der Waals surface area contributed by atoms with Crippen LogP contribution in [-0.2, 0) is 9.59 Å². The quantitative estimate of drug-likeness (QED) is 0.711. The van der Waals surface area contributed by atoms with Gasteiger partial charge < -0.3 is 24.0 Å². The van der Waals surface area contributed by atoms with Gasteiger partial charge >= 0.3 is 0 Å². The molecule has 2 saturated heterocycles. The van der Waals surface area contributed by atoms with Gasteiger partial charge in [-0.1, -0.05) is 0 Å². The average molecular weight is 424 g/mol. The first-order chi connectivity index (χ1) is 15.0. The SMILES string of the molecule is COc1ccc(N2C[C@H](C(=O)N3CCC[C@@H]3c3cc(OC)ccc3OC)CC2=O)cc1. The van der Waals surface area contributed by atoms with E-state index in [1.54, 1.807) is 26.2 Å². The van der Waals surface area contributed by atoms with Crippen molar-refractivity contribution in [2.45, 2.75) is 25.3 Å². The highest BCUT2D eigenvalue weighted by Gasteiger charge is 2.41. The van der Waals surface area contributed by atoms with Crippen LogP contribution in [0.5, 0.6) is 17.2 Å². The van der Waals surface area contributed by atoms with Crippen LogP contribution in [-0.4, -0.2) is 51.1 Å². The molecule has 2 aromatic rings. The zero-order chi connectivity index (χ0) is 22.0. The van der Waals surface area contributed by atoms with Crippen molar-refractivity contribution in [3.63, 3.8) is 0 Å². The van der Waals surface area contributed by atoms with E-state index in [4.69, 9.17) is 14.2 Å². The molecule has 0 radical (unpaired) electrons. The normalized spacial score (nSPS) is 20.8. The zero-order valence-corrected chi connectivity index (χ0v) is 18.2. The van der Waals surface area contributed by atoms with Crippen LogP contribution in [0.15, 0.2) is 42.5 Å². The van der Waals surface area contributed by atoms with E-state index in [-0.39, 0.29) is 30.2 Å². The fourth-order valence-corrected chi connectivity index (χ4v) is 4.57. The highest BCUT2D eigenvalue weighted by atomic mass is 16.5. The molecule has 2 atom stereocenters. The highest BCUT2D eigenvalue weighted by molar-refractivity contribution is 6.00. The predicted octanol–water partition coefficient (Wildman–Crippen LogP) is 3.43. The number of carbonyl (C=O) groups excluding carboxylic acids is 2. The summed E-state index contributed by atoms with van der Waals surface area (Å²) < 4.78 is 16.1. The summed E-state index contributed by atoms with van der Waals surface area (Å²) in [5.74, 6) is 1.85. The lowest BCUT2D eigenvalue weighted by Gasteiger charge is -2.29. The third-order valence-electron chi connectivity index (χ3n) is 6.19. The molecule has 7 heteroatoms. The van der Waals surface area contributed by atoms with Crippen LogP contribution < -0.4 is 19.1 Å². The molecule has 164 valence electrons. The van der Waals surface area contributed by atoms with Gasteiger partial charge in [-0.2, -0.15) is 0 Å². The van der Waals surface area contributed by atoms with Crippen LogP contribution in [0.4, 0.5) is 5.69 Å². The van der Waals surface area contributed by atoms with Crippen molar-refractivity contribution in [2.75, 3.05) is 39.3 Å². The third-order valence-corrected chi connectivity index (χ3v) is 6.19. The smallest absolute Gasteiger partial charge is 0.228 e. The first kappa shape index (κ1) is 21.0. The first-order valence-corrected chi connectivity index (χ1v) is 10.5. The first-order valence-electron chi connectivity index (χ1n) is 10.5. The predicted molar refractivity (Wildman–Crippen MR) is 117 cm³/mol. The van der Waals surface area contributed by atoms with Gasteiger partial charge in [0.05, 0.1) is 33.3 Å². The topological polar surface area (TPSA) is 68.3 Å². The number of methoxy groups -OCH3 is 3. The molecule has 2 aliphatic rings. The lowest BCUT2D eigenvalue weighted by atomic mass is 10.0. The monoisotopic (exact) mass is 424 g/mol. The van der Waals surface area contributed by atoms with Crippen molar-refractivity contribution in [3.8, 4) is 17.2 Å². The summed E-state index contributed by atoms with van der Waals surface area (Å²) in [6.07, 6.45) is 2.00. The van der Waals surface area contributed by atoms with Crippen LogP contribution in [0.2, 0.25) is 0 Å². The van der Waals surface area contributed by atoms with Crippen LogP contribution in [0.1, 0.15) is 30.9 Å². The summed E-state index contributed by atoms with van der Waals surface area (Å²) in [6.45, 7) is 1.07. The average Bonchev–Trinajstić information content (AvgIpc) is 3.45. The minimum atomic E-state index is -0.355. The minimum absolute atomic E-state index is 0.0248. The molecule has 0 aliphatic carbocycles. The summed E-state index contributed by atoms with van der Waals surface area (Å²) in [7, 11) is 4.87. The number of benzene rings is 2. The summed E-state index contributed by atoms with van der Waals surface area (Å²) in [4.78, 5) is 29.7. The fourth-order valence-electron chi connectivity index (χ4n) is 4.57. The molecule has 7 nitrogen and oxygen atoms in total. The van der Waals surface area contributed by atoms with Gasteiger partial charge in [0.1, 0.15) is 17.2 Å². The number of hydrogen-bond acceptors (Lipinski definition) is 5. The number of hydrogen-bond donors (Lipinski definition) is 0. The fraction of sp³-hybridized carbons (Fsp3) is 0.417. The van der Waals surface area contributed by atoms with Crippen molar-refractivity contribution >= 4 is 17.5 Å². The van der Waals surface area contributed by atoms with Gasteiger partial charge in [-0.05, 0) is 55.3 Å². The van der Waals surface area contributed by atoms with E-state index in [9.17, 15) is 9.59 Å². The standard InChI is InChI=1S/C24H28N2O5/c1-29-18-8-6-17(7-9-18)26-15-16(13-23(26)27)24(28)25-12-4-5-21(25)20-14-19(30-2)10-11-22(20)31-3/h6-11,14,16,21H,4-5,12-13,15H2,1-3H3/t16-,21-/m1/s1. The summed E-state index contributed by atoms with van der Waals surface area (Å²) in [5, 5.41) is 0. The Morgan fingerprint density at radius 1 is 0.968 bits per heavy atom. The number of rotatable bonds is 6. The second kappa shape index (κ2) is 8.88. The lowest BCUT2D eigenvalue weighted by Crippen LogP contribution is -2.37. The Bertz CT molecular complexity index is 959. The molecule has 0 unspecified atom stereocenters. The molecule has 2 heterocycles. The Morgan fingerprint density at radius 3 is 2.35 bits per heavy atom. The van der Waals surface area contributed by atoms with Gasteiger partial charge in [-0.25, -0.2) is 0 Å². The maximum atomic E-state index is 13.5. The van der Waals surface area contributed by atoms with E-state index >= 15 is 0 Å². The molecule has 0 bridgehead atoms. The van der Waals surface area contributed by atoms with E-state index < -0.39 is 0 Å². The Labute approximate surface area is 182 Å². The Hall–Kier alpha value is -3.22. The van der Waals surface area contributed by atoms with Crippen molar-refractivity contribution in [2.24, 2.45) is 5.92 Å². The van der Waals surface area contributed by atoms with E-state index in [2.05, 4.69) is 0 Å². The van der Waals surface area contributed by atoms with Gasteiger partial charge in [-0.3, -0.25) is 9.59 Å². The molecule has 31 heavy (non-hydrogen) atoms. The van der Waals surface area contributed by atoms with E-state index in [1.165, 1.54) is 0 Å². The number of nitrogens with zero attached hydrogens (tertiary/aromatic N) is 2. The van der Waals surface area contributed by atoms with E-state index in [0.29, 0.717) is 13.1 Å². The maximum absolute atomic E-state index is 13.5. The minimum Gasteiger partial charge on any atom is -0.497 e. The lowest BCUT2D eigenvalue weighted by molar-refractivity contribution is -0.136. The number of ether oxygens (including phenoxy) is 3. The van der Waals surface area contributed by atoms with Gasteiger partial charge in [0, 0.05) is 30.8 Å². The number of anilines is 1. The second-order valence-electron chi connectivity index (χ2n) is 7.90. The Balaban J connectivity index is 1.53. The molecule has 4 rings (SSSR count).